The molecule has 150 valence electrons. The van der Waals surface area contributed by atoms with Gasteiger partial charge in [0.1, 0.15) is 11.8 Å². The number of ether oxygens (including phenoxy) is 1. The number of nitrogens with zero attached hydrogens (tertiary/aromatic N) is 1. The van der Waals surface area contributed by atoms with Crippen molar-refractivity contribution in [1.82, 2.24) is 10.2 Å². The first-order valence-electron chi connectivity index (χ1n) is 9.39. The molecule has 0 aliphatic rings. The number of benzene rings is 2. The summed E-state index contributed by atoms with van der Waals surface area (Å²) in [6, 6.07) is 16.9. The van der Waals surface area contributed by atoms with Crippen LogP contribution in [0, 0.1) is 3.57 Å². The summed E-state index contributed by atoms with van der Waals surface area (Å²) in [5.41, 5.74) is 1.12. The Morgan fingerprint density at radius 2 is 1.68 bits per heavy atom. The quantitative estimate of drug-likeness (QED) is 0.542. The Hall–Kier alpha value is -2.09. The summed E-state index contributed by atoms with van der Waals surface area (Å²) in [5, 5.41) is 2.88. The standard InChI is InChI=1S/C22H27IN2O3/c1-16(2)24-22(27)17(3)25(14-13-18-7-5-4-6-8-18)21(26)15-28-20-11-9-19(23)10-12-20/h4-12,16-17H,13-15H2,1-3H3,(H,24,27)/t17-/m0/s1. The highest BCUT2D eigenvalue weighted by Gasteiger charge is 2.26. The zero-order valence-electron chi connectivity index (χ0n) is 16.5. The smallest absolute Gasteiger partial charge is 0.261 e. The molecule has 0 aliphatic heterocycles. The van der Waals surface area contributed by atoms with Crippen LogP contribution < -0.4 is 10.1 Å². The first kappa shape index (κ1) is 22.2. The third kappa shape index (κ3) is 7.14. The molecule has 2 rings (SSSR count). The lowest BCUT2D eigenvalue weighted by molar-refractivity contribution is -0.141. The van der Waals surface area contributed by atoms with Crippen LogP contribution in [0.5, 0.6) is 5.75 Å². The highest BCUT2D eigenvalue weighted by molar-refractivity contribution is 14.1. The summed E-state index contributed by atoms with van der Waals surface area (Å²) in [4.78, 5) is 26.9. The molecule has 1 N–H and O–H groups in total. The van der Waals surface area contributed by atoms with Gasteiger partial charge in [-0.25, -0.2) is 0 Å². The molecular weight excluding hydrogens is 467 g/mol. The van der Waals surface area contributed by atoms with Crippen molar-refractivity contribution >= 4 is 34.4 Å². The van der Waals surface area contributed by atoms with E-state index in [9.17, 15) is 9.59 Å². The molecule has 0 unspecified atom stereocenters. The van der Waals surface area contributed by atoms with E-state index in [4.69, 9.17) is 4.74 Å². The first-order chi connectivity index (χ1) is 13.4. The van der Waals surface area contributed by atoms with Crippen LogP contribution in [0.15, 0.2) is 54.6 Å². The Bertz CT molecular complexity index is 763. The third-order valence-electron chi connectivity index (χ3n) is 4.26. The monoisotopic (exact) mass is 494 g/mol. The highest BCUT2D eigenvalue weighted by Crippen LogP contribution is 2.14. The second kappa shape index (κ2) is 11.0. The molecule has 2 amide bonds. The average Bonchev–Trinajstić information content (AvgIpc) is 2.67. The van der Waals surface area contributed by atoms with Crippen molar-refractivity contribution in [2.75, 3.05) is 13.2 Å². The molecule has 2 aromatic rings. The lowest BCUT2D eigenvalue weighted by atomic mass is 10.1. The third-order valence-corrected chi connectivity index (χ3v) is 4.98. The van der Waals surface area contributed by atoms with Crippen molar-refractivity contribution in [3.05, 3.63) is 63.7 Å². The van der Waals surface area contributed by atoms with Crippen LogP contribution in [0.1, 0.15) is 26.3 Å². The minimum absolute atomic E-state index is 0.0177. The summed E-state index contributed by atoms with van der Waals surface area (Å²) in [7, 11) is 0. The molecule has 0 saturated heterocycles. The van der Waals surface area contributed by atoms with Crippen molar-refractivity contribution in [3.8, 4) is 5.75 Å². The lowest BCUT2D eigenvalue weighted by Gasteiger charge is -2.29. The van der Waals surface area contributed by atoms with Gasteiger partial charge < -0.3 is 15.0 Å². The number of carbonyl (C=O) groups excluding carboxylic acids is 2. The van der Waals surface area contributed by atoms with Crippen LogP contribution in [0.4, 0.5) is 0 Å². The Labute approximate surface area is 180 Å². The van der Waals surface area contributed by atoms with Gasteiger partial charge in [0.2, 0.25) is 5.91 Å². The van der Waals surface area contributed by atoms with E-state index in [2.05, 4.69) is 27.9 Å². The van der Waals surface area contributed by atoms with Crippen LogP contribution in [-0.2, 0) is 16.0 Å². The largest absolute Gasteiger partial charge is 0.484 e. The Morgan fingerprint density at radius 1 is 1.04 bits per heavy atom. The molecular formula is C22H27IN2O3. The fourth-order valence-electron chi connectivity index (χ4n) is 2.73. The minimum Gasteiger partial charge on any atom is -0.484 e. The predicted octanol–water partition coefficient (Wildman–Crippen LogP) is 3.65. The maximum Gasteiger partial charge on any atom is 0.261 e. The molecule has 0 aliphatic carbocycles. The van der Waals surface area contributed by atoms with Crippen molar-refractivity contribution in [2.45, 2.75) is 39.3 Å². The van der Waals surface area contributed by atoms with Gasteiger partial charge in [0.05, 0.1) is 0 Å². The molecule has 0 spiro atoms. The van der Waals surface area contributed by atoms with Gasteiger partial charge >= 0.3 is 0 Å². The second-order valence-electron chi connectivity index (χ2n) is 6.90. The summed E-state index contributed by atoms with van der Waals surface area (Å²) in [6.45, 7) is 5.91. The lowest BCUT2D eigenvalue weighted by Crippen LogP contribution is -2.51. The van der Waals surface area contributed by atoms with E-state index in [-0.39, 0.29) is 24.5 Å². The van der Waals surface area contributed by atoms with Crippen molar-refractivity contribution in [3.63, 3.8) is 0 Å². The van der Waals surface area contributed by atoms with E-state index < -0.39 is 6.04 Å². The highest BCUT2D eigenvalue weighted by atomic mass is 127. The maximum absolute atomic E-state index is 12.9. The first-order valence-corrected chi connectivity index (χ1v) is 10.5. The van der Waals surface area contributed by atoms with Crippen LogP contribution in [0.25, 0.3) is 0 Å². The number of rotatable bonds is 9. The van der Waals surface area contributed by atoms with Crippen LogP contribution in [-0.4, -0.2) is 41.9 Å². The maximum atomic E-state index is 12.9. The topological polar surface area (TPSA) is 58.6 Å². The molecule has 28 heavy (non-hydrogen) atoms. The SMILES string of the molecule is CC(C)NC(=O)[C@H](C)N(CCc1ccccc1)C(=O)COc1ccc(I)cc1. The number of carbonyl (C=O) groups is 2. The van der Waals surface area contributed by atoms with E-state index in [0.29, 0.717) is 18.7 Å². The number of hydrogen-bond donors (Lipinski definition) is 1. The molecule has 0 heterocycles. The van der Waals surface area contributed by atoms with Crippen molar-refractivity contribution in [2.24, 2.45) is 0 Å². The van der Waals surface area contributed by atoms with Crippen LogP contribution in [0.2, 0.25) is 0 Å². The molecule has 1 atom stereocenters. The van der Waals surface area contributed by atoms with Crippen molar-refractivity contribution in [1.29, 1.82) is 0 Å². The molecule has 2 aromatic carbocycles. The van der Waals surface area contributed by atoms with Gasteiger partial charge in [0.25, 0.3) is 5.91 Å². The van der Waals surface area contributed by atoms with Gasteiger partial charge in [-0.3, -0.25) is 9.59 Å². The zero-order chi connectivity index (χ0) is 20.5. The molecule has 0 radical (unpaired) electrons. The Balaban J connectivity index is 2.05. The van der Waals surface area contributed by atoms with Crippen LogP contribution >= 0.6 is 22.6 Å². The van der Waals surface area contributed by atoms with E-state index in [1.807, 2.05) is 68.4 Å². The van der Waals surface area contributed by atoms with E-state index in [1.54, 1.807) is 11.8 Å². The average molecular weight is 494 g/mol. The predicted molar refractivity (Wildman–Crippen MR) is 119 cm³/mol. The Kier molecular flexibility index (Phi) is 8.76. The minimum atomic E-state index is -0.570. The number of halogens is 1. The molecule has 0 aromatic heterocycles. The summed E-state index contributed by atoms with van der Waals surface area (Å²) in [6.07, 6.45) is 0.676. The van der Waals surface area contributed by atoms with Gasteiger partial charge in [0, 0.05) is 16.2 Å². The summed E-state index contributed by atoms with van der Waals surface area (Å²) < 4.78 is 6.74. The summed E-state index contributed by atoms with van der Waals surface area (Å²) in [5.74, 6) is 0.266. The van der Waals surface area contributed by atoms with Gasteiger partial charge in [0.15, 0.2) is 6.61 Å². The van der Waals surface area contributed by atoms with E-state index in [1.165, 1.54) is 0 Å². The fraction of sp³-hybridized carbons (Fsp3) is 0.364. The van der Waals surface area contributed by atoms with Gasteiger partial charge in [-0.1, -0.05) is 30.3 Å². The Morgan fingerprint density at radius 3 is 2.29 bits per heavy atom. The number of amides is 2. The van der Waals surface area contributed by atoms with Gasteiger partial charge in [-0.05, 0) is 79.6 Å². The molecule has 0 fully saturated rings. The molecule has 6 heteroatoms. The zero-order valence-corrected chi connectivity index (χ0v) is 18.7. The molecule has 0 saturated carbocycles. The normalized spacial score (nSPS) is 11.8. The van der Waals surface area contributed by atoms with Crippen molar-refractivity contribution < 1.29 is 14.3 Å². The fourth-order valence-corrected chi connectivity index (χ4v) is 3.09. The van der Waals surface area contributed by atoms with Crippen LogP contribution in [0.3, 0.4) is 0 Å². The molecule has 5 nitrogen and oxygen atoms in total. The number of nitrogens with one attached hydrogen (secondary N) is 1. The number of hydrogen-bond acceptors (Lipinski definition) is 3. The van der Waals surface area contributed by atoms with E-state index in [0.717, 1.165) is 9.13 Å². The van der Waals surface area contributed by atoms with Gasteiger partial charge in [-0.15, -0.1) is 0 Å². The van der Waals surface area contributed by atoms with E-state index >= 15 is 0 Å². The summed E-state index contributed by atoms with van der Waals surface area (Å²) >= 11 is 2.22. The molecule has 0 bridgehead atoms. The van der Waals surface area contributed by atoms with Gasteiger partial charge in [-0.2, -0.15) is 0 Å². The second-order valence-corrected chi connectivity index (χ2v) is 8.15.